The number of hydrogen-bond acceptors (Lipinski definition) is 5. The van der Waals surface area contributed by atoms with Crippen molar-refractivity contribution in [3.8, 4) is 11.6 Å². The highest BCUT2D eigenvalue weighted by Crippen LogP contribution is 2.30. The molecule has 0 aliphatic carbocycles. The molecule has 5 nitrogen and oxygen atoms in total. The van der Waals surface area contributed by atoms with Crippen LogP contribution in [-0.2, 0) is 6.61 Å². The van der Waals surface area contributed by atoms with E-state index in [0.29, 0.717) is 21.9 Å². The van der Waals surface area contributed by atoms with E-state index in [0.717, 1.165) is 5.56 Å². The minimum atomic E-state index is 0.00439. The molecule has 0 saturated heterocycles. The standard InChI is InChI=1S/C11H10BrN3O2/c12-9-10(13)14-6-15-11(9)17-8-3-1-7(5-16)2-4-8/h1-4,6,16H,5H2,(H2,13,14,15). The van der Waals surface area contributed by atoms with Crippen molar-refractivity contribution in [3.63, 3.8) is 0 Å². The van der Waals surface area contributed by atoms with Gasteiger partial charge < -0.3 is 15.6 Å². The van der Waals surface area contributed by atoms with Gasteiger partial charge in [-0.1, -0.05) is 12.1 Å². The zero-order chi connectivity index (χ0) is 12.3. The van der Waals surface area contributed by atoms with Crippen LogP contribution in [-0.4, -0.2) is 15.1 Å². The molecule has 1 heterocycles. The number of halogens is 1. The lowest BCUT2D eigenvalue weighted by atomic mass is 10.2. The molecule has 88 valence electrons. The SMILES string of the molecule is Nc1ncnc(Oc2ccc(CO)cc2)c1Br. The normalized spacial score (nSPS) is 10.2. The van der Waals surface area contributed by atoms with Crippen LogP contribution in [0.25, 0.3) is 0 Å². The van der Waals surface area contributed by atoms with Gasteiger partial charge in [-0.25, -0.2) is 9.97 Å². The van der Waals surface area contributed by atoms with E-state index in [1.807, 2.05) is 0 Å². The molecule has 2 aromatic rings. The molecular formula is C11H10BrN3O2. The van der Waals surface area contributed by atoms with Gasteiger partial charge in [0.25, 0.3) is 0 Å². The maximum absolute atomic E-state index is 8.91. The predicted octanol–water partition coefficient (Wildman–Crippen LogP) is 2.11. The highest BCUT2D eigenvalue weighted by atomic mass is 79.9. The molecule has 0 fully saturated rings. The van der Waals surface area contributed by atoms with Gasteiger partial charge in [-0.3, -0.25) is 0 Å². The first-order valence-corrected chi connectivity index (χ1v) is 5.63. The van der Waals surface area contributed by atoms with Gasteiger partial charge in [-0.2, -0.15) is 0 Å². The number of nitrogens with two attached hydrogens (primary N) is 1. The summed E-state index contributed by atoms with van der Waals surface area (Å²) in [5.41, 5.74) is 6.43. The fraction of sp³-hybridized carbons (Fsp3) is 0.0909. The molecule has 6 heteroatoms. The van der Waals surface area contributed by atoms with Gasteiger partial charge in [0.2, 0.25) is 5.88 Å². The quantitative estimate of drug-likeness (QED) is 0.906. The molecule has 0 spiro atoms. The Labute approximate surface area is 106 Å². The molecule has 1 aromatic carbocycles. The number of benzene rings is 1. The second kappa shape index (κ2) is 5.11. The van der Waals surface area contributed by atoms with Crippen LogP contribution >= 0.6 is 15.9 Å². The Morgan fingerprint density at radius 1 is 1.24 bits per heavy atom. The van der Waals surface area contributed by atoms with Crippen LogP contribution in [0.15, 0.2) is 35.1 Å². The Kier molecular flexibility index (Phi) is 3.55. The molecule has 0 unspecified atom stereocenters. The van der Waals surface area contributed by atoms with E-state index >= 15 is 0 Å². The van der Waals surface area contributed by atoms with Crippen molar-refractivity contribution < 1.29 is 9.84 Å². The third-order valence-electron chi connectivity index (χ3n) is 2.10. The molecule has 17 heavy (non-hydrogen) atoms. The summed E-state index contributed by atoms with van der Waals surface area (Å²) >= 11 is 3.25. The van der Waals surface area contributed by atoms with Gasteiger partial charge in [-0.05, 0) is 33.6 Å². The number of anilines is 1. The number of hydrogen-bond donors (Lipinski definition) is 2. The molecule has 0 atom stereocenters. The molecule has 0 aliphatic rings. The van der Waals surface area contributed by atoms with E-state index < -0.39 is 0 Å². The smallest absolute Gasteiger partial charge is 0.238 e. The van der Waals surface area contributed by atoms with Crippen LogP contribution < -0.4 is 10.5 Å². The van der Waals surface area contributed by atoms with E-state index in [1.54, 1.807) is 24.3 Å². The number of aliphatic hydroxyl groups is 1. The lowest BCUT2D eigenvalue weighted by Crippen LogP contribution is -1.96. The Morgan fingerprint density at radius 3 is 2.59 bits per heavy atom. The van der Waals surface area contributed by atoms with Crippen molar-refractivity contribution in [2.45, 2.75) is 6.61 Å². The van der Waals surface area contributed by atoms with Gasteiger partial charge >= 0.3 is 0 Å². The first-order chi connectivity index (χ1) is 8.20. The molecule has 0 bridgehead atoms. The number of aromatic nitrogens is 2. The third kappa shape index (κ3) is 2.72. The zero-order valence-electron chi connectivity index (χ0n) is 8.80. The Hall–Kier alpha value is -1.66. The zero-order valence-corrected chi connectivity index (χ0v) is 10.4. The van der Waals surface area contributed by atoms with Gasteiger partial charge in [0, 0.05) is 0 Å². The van der Waals surface area contributed by atoms with Crippen molar-refractivity contribution in [2.75, 3.05) is 5.73 Å². The second-order valence-corrected chi connectivity index (χ2v) is 4.08. The van der Waals surface area contributed by atoms with Crippen LogP contribution in [0.3, 0.4) is 0 Å². The first-order valence-electron chi connectivity index (χ1n) is 4.84. The highest BCUT2D eigenvalue weighted by Gasteiger charge is 2.08. The number of nitrogen functional groups attached to an aromatic ring is 1. The van der Waals surface area contributed by atoms with E-state index in [1.165, 1.54) is 6.33 Å². The van der Waals surface area contributed by atoms with Crippen LogP contribution in [0, 0.1) is 0 Å². The summed E-state index contributed by atoms with van der Waals surface area (Å²) in [7, 11) is 0. The van der Waals surface area contributed by atoms with E-state index in [-0.39, 0.29) is 6.61 Å². The monoisotopic (exact) mass is 295 g/mol. The summed E-state index contributed by atoms with van der Waals surface area (Å²) in [6, 6.07) is 7.04. The van der Waals surface area contributed by atoms with Crippen LogP contribution in [0.1, 0.15) is 5.56 Å². The topological polar surface area (TPSA) is 81.3 Å². The summed E-state index contributed by atoms with van der Waals surface area (Å²) in [6.45, 7) is 0.00439. The predicted molar refractivity (Wildman–Crippen MR) is 66.6 cm³/mol. The average Bonchev–Trinajstić information content (AvgIpc) is 2.36. The summed E-state index contributed by atoms with van der Waals surface area (Å²) in [5.74, 6) is 1.29. The lowest BCUT2D eigenvalue weighted by Gasteiger charge is -2.07. The largest absolute Gasteiger partial charge is 0.438 e. The van der Waals surface area contributed by atoms with Crippen LogP contribution in [0.4, 0.5) is 5.82 Å². The van der Waals surface area contributed by atoms with Crippen molar-refractivity contribution >= 4 is 21.7 Å². The molecule has 2 rings (SSSR count). The number of rotatable bonds is 3. The van der Waals surface area contributed by atoms with Gasteiger partial charge in [0.15, 0.2) is 0 Å². The maximum atomic E-state index is 8.91. The second-order valence-electron chi connectivity index (χ2n) is 3.28. The van der Waals surface area contributed by atoms with Crippen LogP contribution in [0.2, 0.25) is 0 Å². The van der Waals surface area contributed by atoms with Gasteiger partial charge in [-0.15, -0.1) is 0 Å². The van der Waals surface area contributed by atoms with E-state index in [4.69, 9.17) is 15.6 Å². The fourth-order valence-corrected chi connectivity index (χ4v) is 1.50. The molecular weight excluding hydrogens is 286 g/mol. The van der Waals surface area contributed by atoms with Crippen molar-refractivity contribution in [1.82, 2.24) is 9.97 Å². The van der Waals surface area contributed by atoms with Gasteiger partial charge in [0.05, 0.1) is 6.61 Å². The summed E-state index contributed by atoms with van der Waals surface area (Å²) in [6.07, 6.45) is 1.33. The van der Waals surface area contributed by atoms with E-state index in [2.05, 4.69) is 25.9 Å². The Bertz CT molecular complexity index is 517. The average molecular weight is 296 g/mol. The van der Waals surface area contributed by atoms with Crippen molar-refractivity contribution in [1.29, 1.82) is 0 Å². The number of aliphatic hydroxyl groups excluding tert-OH is 1. The molecule has 0 radical (unpaired) electrons. The lowest BCUT2D eigenvalue weighted by molar-refractivity contribution is 0.281. The molecule has 0 aliphatic heterocycles. The molecule has 0 amide bonds. The van der Waals surface area contributed by atoms with Crippen molar-refractivity contribution in [3.05, 3.63) is 40.6 Å². The third-order valence-corrected chi connectivity index (χ3v) is 2.85. The van der Waals surface area contributed by atoms with Gasteiger partial charge in [0.1, 0.15) is 22.4 Å². The number of nitrogens with zero attached hydrogens (tertiary/aromatic N) is 2. The summed E-state index contributed by atoms with van der Waals surface area (Å²) in [4.78, 5) is 7.78. The maximum Gasteiger partial charge on any atom is 0.238 e. The Balaban J connectivity index is 2.22. The molecule has 0 saturated carbocycles. The van der Waals surface area contributed by atoms with Crippen molar-refractivity contribution in [2.24, 2.45) is 0 Å². The first kappa shape index (κ1) is 11.8. The minimum Gasteiger partial charge on any atom is -0.438 e. The van der Waals surface area contributed by atoms with Crippen LogP contribution in [0.5, 0.6) is 11.6 Å². The molecule has 1 aromatic heterocycles. The Morgan fingerprint density at radius 2 is 1.94 bits per heavy atom. The number of ether oxygens (including phenoxy) is 1. The summed E-state index contributed by atoms with van der Waals surface area (Å²) < 4.78 is 6.05. The summed E-state index contributed by atoms with van der Waals surface area (Å²) in [5, 5.41) is 8.91. The van der Waals surface area contributed by atoms with E-state index in [9.17, 15) is 0 Å². The molecule has 3 N–H and O–H groups in total. The highest BCUT2D eigenvalue weighted by molar-refractivity contribution is 9.10. The fourth-order valence-electron chi connectivity index (χ4n) is 1.21. The minimum absolute atomic E-state index is 0.00439.